The van der Waals surface area contributed by atoms with Gasteiger partial charge in [0.15, 0.2) is 11.5 Å². The summed E-state index contributed by atoms with van der Waals surface area (Å²) in [4.78, 5) is 13.8. The Bertz CT molecular complexity index is 481. The van der Waals surface area contributed by atoms with E-state index in [1.807, 2.05) is 6.92 Å². The molecule has 1 aliphatic heterocycles. The molecule has 2 rings (SSSR count). The largest absolute Gasteiger partial charge is 0.486 e. The Morgan fingerprint density at radius 1 is 1.41 bits per heavy atom. The molecule has 0 N–H and O–H groups in total. The average Bonchev–Trinajstić information content (AvgIpc) is 2.36. The van der Waals surface area contributed by atoms with Crippen molar-refractivity contribution in [3.8, 4) is 11.5 Å². The molecule has 0 aromatic heterocycles. The van der Waals surface area contributed by atoms with E-state index in [1.54, 1.807) is 6.07 Å². The van der Waals surface area contributed by atoms with E-state index in [9.17, 15) is 4.79 Å². The molecule has 0 aliphatic carbocycles. The summed E-state index contributed by atoms with van der Waals surface area (Å²) >= 11 is 6.11. The molecular formula is C12H12ClNO3. The van der Waals surface area contributed by atoms with Crippen molar-refractivity contribution in [2.24, 2.45) is 4.99 Å². The SMILES string of the molecule is CCc1c(CN=C=O)cc(Cl)c2c1OCCO2. The Labute approximate surface area is 104 Å². The molecule has 0 unspecified atom stereocenters. The molecule has 1 aliphatic rings. The van der Waals surface area contributed by atoms with Crippen LogP contribution in [0.1, 0.15) is 18.1 Å². The number of ether oxygens (including phenoxy) is 2. The van der Waals surface area contributed by atoms with Crippen LogP contribution in [0.5, 0.6) is 11.5 Å². The van der Waals surface area contributed by atoms with E-state index < -0.39 is 0 Å². The lowest BCUT2D eigenvalue weighted by molar-refractivity contribution is 0.170. The van der Waals surface area contributed by atoms with E-state index in [0.717, 1.165) is 17.5 Å². The fourth-order valence-electron chi connectivity index (χ4n) is 1.92. The van der Waals surface area contributed by atoms with Crippen LogP contribution < -0.4 is 9.47 Å². The smallest absolute Gasteiger partial charge is 0.235 e. The number of aliphatic imine (C=N–C) groups is 1. The van der Waals surface area contributed by atoms with Crippen LogP contribution in [0.15, 0.2) is 11.1 Å². The van der Waals surface area contributed by atoms with Crippen LogP contribution in [0.2, 0.25) is 5.02 Å². The third-order valence-corrected chi connectivity index (χ3v) is 2.91. The van der Waals surface area contributed by atoms with Crippen LogP contribution in [0.25, 0.3) is 0 Å². The van der Waals surface area contributed by atoms with E-state index in [4.69, 9.17) is 21.1 Å². The summed E-state index contributed by atoms with van der Waals surface area (Å²) < 4.78 is 11.1. The van der Waals surface area contributed by atoms with Gasteiger partial charge in [0, 0.05) is 5.56 Å². The summed E-state index contributed by atoms with van der Waals surface area (Å²) in [6.45, 7) is 3.29. The lowest BCUT2D eigenvalue weighted by atomic mass is 10.0. The first-order chi connectivity index (χ1) is 8.27. The van der Waals surface area contributed by atoms with Crippen molar-refractivity contribution in [2.45, 2.75) is 19.9 Å². The zero-order valence-corrected chi connectivity index (χ0v) is 10.2. The molecule has 90 valence electrons. The Morgan fingerprint density at radius 2 is 2.12 bits per heavy atom. The summed E-state index contributed by atoms with van der Waals surface area (Å²) in [6.07, 6.45) is 2.30. The van der Waals surface area contributed by atoms with Crippen LogP contribution in [0.4, 0.5) is 0 Å². The molecule has 1 aromatic rings. The molecule has 0 bridgehead atoms. The third kappa shape index (κ3) is 2.28. The fourth-order valence-corrected chi connectivity index (χ4v) is 2.19. The van der Waals surface area contributed by atoms with Crippen molar-refractivity contribution in [3.63, 3.8) is 0 Å². The number of rotatable bonds is 3. The molecule has 4 nitrogen and oxygen atoms in total. The van der Waals surface area contributed by atoms with Crippen molar-refractivity contribution in [1.82, 2.24) is 0 Å². The predicted molar refractivity (Wildman–Crippen MR) is 63.6 cm³/mol. The van der Waals surface area contributed by atoms with Crippen molar-refractivity contribution < 1.29 is 14.3 Å². The molecule has 0 atom stereocenters. The highest BCUT2D eigenvalue weighted by molar-refractivity contribution is 6.32. The first kappa shape index (κ1) is 12.0. The summed E-state index contributed by atoms with van der Waals surface area (Å²) in [5, 5.41) is 0.494. The van der Waals surface area contributed by atoms with Crippen molar-refractivity contribution in [1.29, 1.82) is 0 Å². The topological polar surface area (TPSA) is 47.9 Å². The van der Waals surface area contributed by atoms with Gasteiger partial charge in [0.2, 0.25) is 6.08 Å². The quantitative estimate of drug-likeness (QED) is 0.614. The zero-order chi connectivity index (χ0) is 12.3. The Hall–Kier alpha value is -1.51. The highest BCUT2D eigenvalue weighted by atomic mass is 35.5. The van der Waals surface area contributed by atoms with Gasteiger partial charge in [-0.05, 0) is 18.1 Å². The van der Waals surface area contributed by atoms with E-state index in [0.29, 0.717) is 29.7 Å². The fraction of sp³-hybridized carbons (Fsp3) is 0.417. The van der Waals surface area contributed by atoms with Crippen LogP contribution in [0, 0.1) is 0 Å². The van der Waals surface area contributed by atoms with E-state index in [1.165, 1.54) is 6.08 Å². The molecular weight excluding hydrogens is 242 g/mol. The number of carbonyl (C=O) groups excluding carboxylic acids is 1. The number of halogens is 1. The van der Waals surface area contributed by atoms with Gasteiger partial charge >= 0.3 is 0 Å². The van der Waals surface area contributed by atoms with Gasteiger partial charge < -0.3 is 9.47 Å². The standard InChI is InChI=1S/C12H12ClNO3/c1-2-9-8(6-14-7-15)5-10(13)12-11(9)16-3-4-17-12/h5H,2-4,6H2,1H3. The van der Waals surface area contributed by atoms with Gasteiger partial charge in [0.1, 0.15) is 13.2 Å². The second-order valence-corrected chi connectivity index (χ2v) is 4.02. The molecule has 0 spiro atoms. The Balaban J connectivity index is 2.53. The lowest BCUT2D eigenvalue weighted by Crippen LogP contribution is -2.17. The van der Waals surface area contributed by atoms with Crippen molar-refractivity contribution in [3.05, 3.63) is 22.2 Å². The van der Waals surface area contributed by atoms with Crippen LogP contribution in [0.3, 0.4) is 0 Å². The van der Waals surface area contributed by atoms with Crippen LogP contribution in [-0.2, 0) is 17.8 Å². The minimum atomic E-state index is 0.267. The van der Waals surface area contributed by atoms with Gasteiger partial charge in [-0.2, -0.15) is 0 Å². The number of fused-ring (bicyclic) bond motifs is 1. The lowest BCUT2D eigenvalue weighted by Gasteiger charge is -2.23. The number of isocyanates is 1. The number of benzene rings is 1. The van der Waals surface area contributed by atoms with Gasteiger partial charge in [0.05, 0.1) is 11.6 Å². The molecule has 0 saturated carbocycles. The molecule has 0 radical (unpaired) electrons. The summed E-state index contributed by atoms with van der Waals surface area (Å²) in [7, 11) is 0. The summed E-state index contributed by atoms with van der Waals surface area (Å²) in [5.41, 5.74) is 1.87. The number of hydrogen-bond acceptors (Lipinski definition) is 4. The first-order valence-electron chi connectivity index (χ1n) is 5.41. The van der Waals surface area contributed by atoms with Crippen LogP contribution >= 0.6 is 11.6 Å². The van der Waals surface area contributed by atoms with E-state index in [2.05, 4.69) is 4.99 Å². The Kier molecular flexibility index (Phi) is 3.67. The van der Waals surface area contributed by atoms with Crippen molar-refractivity contribution >= 4 is 17.7 Å². The summed E-state index contributed by atoms with van der Waals surface area (Å²) in [5.74, 6) is 1.27. The third-order valence-electron chi connectivity index (χ3n) is 2.63. The van der Waals surface area contributed by atoms with Gasteiger partial charge in [-0.25, -0.2) is 9.79 Å². The minimum Gasteiger partial charge on any atom is -0.486 e. The monoisotopic (exact) mass is 253 g/mol. The van der Waals surface area contributed by atoms with Crippen LogP contribution in [-0.4, -0.2) is 19.3 Å². The Morgan fingerprint density at radius 3 is 2.76 bits per heavy atom. The maximum absolute atomic E-state index is 10.2. The molecule has 1 aromatic carbocycles. The van der Waals surface area contributed by atoms with Gasteiger partial charge in [-0.3, -0.25) is 0 Å². The van der Waals surface area contributed by atoms with Gasteiger partial charge in [-0.15, -0.1) is 0 Å². The molecule has 0 fully saturated rings. The second-order valence-electron chi connectivity index (χ2n) is 3.61. The molecule has 1 heterocycles. The molecule has 0 amide bonds. The maximum Gasteiger partial charge on any atom is 0.235 e. The highest BCUT2D eigenvalue weighted by Crippen LogP contribution is 2.42. The number of nitrogens with zero attached hydrogens (tertiary/aromatic N) is 1. The second kappa shape index (κ2) is 5.21. The molecule has 0 saturated heterocycles. The minimum absolute atomic E-state index is 0.267. The molecule has 17 heavy (non-hydrogen) atoms. The molecule has 5 heteroatoms. The predicted octanol–water partition coefficient (Wildman–Crippen LogP) is 2.51. The van der Waals surface area contributed by atoms with Gasteiger partial charge in [0.25, 0.3) is 0 Å². The first-order valence-corrected chi connectivity index (χ1v) is 5.79. The van der Waals surface area contributed by atoms with E-state index in [-0.39, 0.29) is 6.54 Å². The zero-order valence-electron chi connectivity index (χ0n) is 9.46. The number of hydrogen-bond donors (Lipinski definition) is 0. The maximum atomic E-state index is 10.2. The van der Waals surface area contributed by atoms with Gasteiger partial charge in [-0.1, -0.05) is 18.5 Å². The normalized spacial score (nSPS) is 13.1. The van der Waals surface area contributed by atoms with E-state index >= 15 is 0 Å². The highest BCUT2D eigenvalue weighted by Gasteiger charge is 2.21. The van der Waals surface area contributed by atoms with Crippen molar-refractivity contribution in [2.75, 3.05) is 13.2 Å². The average molecular weight is 254 g/mol. The summed E-state index contributed by atoms with van der Waals surface area (Å²) in [6, 6.07) is 1.77.